The van der Waals surface area contributed by atoms with Gasteiger partial charge in [-0.25, -0.2) is 0 Å². The Bertz CT molecular complexity index is 594. The van der Waals surface area contributed by atoms with Gasteiger partial charge in [0.05, 0.1) is 6.61 Å². The number of hydrogen-bond donors (Lipinski definition) is 2. The van der Waals surface area contributed by atoms with E-state index in [0.29, 0.717) is 19.1 Å². The minimum absolute atomic E-state index is 0.497. The first-order valence-corrected chi connectivity index (χ1v) is 8.01. The van der Waals surface area contributed by atoms with Gasteiger partial charge < -0.3 is 15.8 Å². The van der Waals surface area contributed by atoms with E-state index in [2.05, 4.69) is 29.4 Å². The first-order valence-electron chi connectivity index (χ1n) is 8.01. The summed E-state index contributed by atoms with van der Waals surface area (Å²) in [5.41, 5.74) is 8.37. The number of ether oxygens (including phenoxy) is 1. The number of rotatable bonds is 8. The Morgan fingerprint density at radius 1 is 1.09 bits per heavy atom. The predicted octanol–water partition coefficient (Wildman–Crippen LogP) is 2.91. The molecule has 122 valence electrons. The third kappa shape index (κ3) is 6.87. The molecule has 2 aromatic rings. The molecule has 2 rings (SSSR count). The highest BCUT2D eigenvalue weighted by molar-refractivity contribution is 5.77. The molecule has 0 aliphatic heterocycles. The molecule has 0 saturated carbocycles. The lowest BCUT2D eigenvalue weighted by Crippen LogP contribution is -2.33. The van der Waals surface area contributed by atoms with E-state index >= 15 is 0 Å². The van der Waals surface area contributed by atoms with E-state index in [0.717, 1.165) is 25.1 Å². The summed E-state index contributed by atoms with van der Waals surface area (Å²) in [5.74, 6) is 1.39. The molecule has 0 spiro atoms. The van der Waals surface area contributed by atoms with E-state index in [4.69, 9.17) is 10.5 Å². The van der Waals surface area contributed by atoms with E-state index in [-0.39, 0.29) is 0 Å². The van der Waals surface area contributed by atoms with Crippen molar-refractivity contribution < 1.29 is 4.74 Å². The number of guanidine groups is 1. The smallest absolute Gasteiger partial charge is 0.188 e. The van der Waals surface area contributed by atoms with Crippen LogP contribution in [-0.4, -0.2) is 25.7 Å². The molecule has 0 heterocycles. The minimum Gasteiger partial charge on any atom is -0.494 e. The molecule has 4 heteroatoms. The number of nitrogens with two attached hydrogens (primary N) is 1. The van der Waals surface area contributed by atoms with E-state index in [1.54, 1.807) is 0 Å². The lowest BCUT2D eigenvalue weighted by molar-refractivity contribution is 0.313. The van der Waals surface area contributed by atoms with Gasteiger partial charge >= 0.3 is 0 Å². The zero-order valence-electron chi connectivity index (χ0n) is 13.7. The van der Waals surface area contributed by atoms with Gasteiger partial charge in [0.15, 0.2) is 5.96 Å². The van der Waals surface area contributed by atoms with Crippen molar-refractivity contribution in [2.24, 2.45) is 10.7 Å². The van der Waals surface area contributed by atoms with Crippen molar-refractivity contribution in [1.29, 1.82) is 0 Å². The van der Waals surface area contributed by atoms with Gasteiger partial charge in [-0.15, -0.1) is 0 Å². The Morgan fingerprint density at radius 3 is 2.57 bits per heavy atom. The Balaban J connectivity index is 1.56. The first-order chi connectivity index (χ1) is 11.2. The molecule has 0 amide bonds. The van der Waals surface area contributed by atoms with Crippen molar-refractivity contribution in [2.75, 3.05) is 19.7 Å². The molecule has 0 saturated heterocycles. The molecule has 0 aromatic heterocycles. The van der Waals surface area contributed by atoms with Crippen molar-refractivity contribution >= 4 is 5.96 Å². The summed E-state index contributed by atoms with van der Waals surface area (Å²) in [4.78, 5) is 4.30. The third-order valence-corrected chi connectivity index (χ3v) is 3.44. The van der Waals surface area contributed by atoms with Crippen molar-refractivity contribution in [3.8, 4) is 5.75 Å². The maximum atomic E-state index is 5.85. The summed E-state index contributed by atoms with van der Waals surface area (Å²) in [6, 6.07) is 18.4. The topological polar surface area (TPSA) is 59.6 Å². The fraction of sp³-hybridized carbons (Fsp3) is 0.316. The van der Waals surface area contributed by atoms with Crippen molar-refractivity contribution in [2.45, 2.75) is 19.8 Å². The van der Waals surface area contributed by atoms with Crippen molar-refractivity contribution in [3.63, 3.8) is 0 Å². The van der Waals surface area contributed by atoms with Crippen LogP contribution in [0.25, 0.3) is 0 Å². The van der Waals surface area contributed by atoms with Gasteiger partial charge in [0.25, 0.3) is 0 Å². The van der Waals surface area contributed by atoms with Crippen molar-refractivity contribution in [3.05, 3.63) is 65.7 Å². The van der Waals surface area contributed by atoms with Crippen LogP contribution >= 0.6 is 0 Å². The van der Waals surface area contributed by atoms with E-state index < -0.39 is 0 Å². The molecule has 0 aliphatic rings. The molecule has 0 radical (unpaired) electrons. The van der Waals surface area contributed by atoms with Crippen LogP contribution in [-0.2, 0) is 6.42 Å². The lowest BCUT2D eigenvalue weighted by atomic mass is 10.1. The fourth-order valence-corrected chi connectivity index (χ4v) is 2.12. The monoisotopic (exact) mass is 311 g/mol. The molecule has 0 aliphatic carbocycles. The second kappa shape index (κ2) is 9.51. The molecule has 3 N–H and O–H groups in total. The highest BCUT2D eigenvalue weighted by Gasteiger charge is 1.95. The van der Waals surface area contributed by atoms with Crippen LogP contribution in [0.2, 0.25) is 0 Å². The second-order valence-corrected chi connectivity index (χ2v) is 5.44. The average Bonchev–Trinajstić information content (AvgIpc) is 2.57. The SMILES string of the molecule is Cc1ccc(OCCCN=C(N)NCCc2ccccc2)cc1. The van der Waals surface area contributed by atoms with Gasteiger partial charge in [-0.2, -0.15) is 0 Å². The minimum atomic E-state index is 0.497. The summed E-state index contributed by atoms with van der Waals surface area (Å²) >= 11 is 0. The normalized spacial score (nSPS) is 11.3. The molecule has 2 aromatic carbocycles. The van der Waals surface area contributed by atoms with Crippen LogP contribution in [0.5, 0.6) is 5.75 Å². The second-order valence-electron chi connectivity index (χ2n) is 5.44. The van der Waals surface area contributed by atoms with Gasteiger partial charge in [0.1, 0.15) is 5.75 Å². The standard InChI is InChI=1S/C19H25N3O/c1-16-8-10-18(11-9-16)23-15-5-13-21-19(20)22-14-12-17-6-3-2-4-7-17/h2-4,6-11H,5,12-15H2,1H3,(H3,20,21,22). The Hall–Kier alpha value is -2.49. The number of nitrogens with zero attached hydrogens (tertiary/aromatic N) is 1. The summed E-state index contributed by atoms with van der Waals surface area (Å²) in [5, 5.41) is 3.13. The number of aryl methyl sites for hydroxylation is 1. The summed E-state index contributed by atoms with van der Waals surface area (Å²) in [6.07, 6.45) is 1.78. The predicted molar refractivity (Wildman–Crippen MR) is 95.9 cm³/mol. The maximum absolute atomic E-state index is 5.85. The summed E-state index contributed by atoms with van der Waals surface area (Å²) in [7, 11) is 0. The molecule has 0 unspecified atom stereocenters. The van der Waals surface area contributed by atoms with Crippen LogP contribution < -0.4 is 15.8 Å². The van der Waals surface area contributed by atoms with Crippen molar-refractivity contribution in [1.82, 2.24) is 5.32 Å². The molecular weight excluding hydrogens is 286 g/mol. The Kier molecular flexibility index (Phi) is 6.98. The largest absolute Gasteiger partial charge is 0.494 e. The highest BCUT2D eigenvalue weighted by Crippen LogP contribution is 2.11. The zero-order chi connectivity index (χ0) is 16.3. The van der Waals surface area contributed by atoms with Gasteiger partial charge in [-0.05, 0) is 31.0 Å². The van der Waals surface area contributed by atoms with Crippen LogP contribution in [0.3, 0.4) is 0 Å². The van der Waals surface area contributed by atoms with E-state index in [1.165, 1.54) is 11.1 Å². The molecule has 23 heavy (non-hydrogen) atoms. The van der Waals surface area contributed by atoms with Gasteiger partial charge in [-0.3, -0.25) is 4.99 Å². The summed E-state index contributed by atoms with van der Waals surface area (Å²) in [6.45, 7) is 4.16. The Morgan fingerprint density at radius 2 is 1.83 bits per heavy atom. The van der Waals surface area contributed by atoms with Gasteiger partial charge in [-0.1, -0.05) is 48.0 Å². The number of hydrogen-bond acceptors (Lipinski definition) is 2. The summed E-state index contributed by atoms with van der Waals surface area (Å²) < 4.78 is 5.65. The molecule has 0 bridgehead atoms. The van der Waals surface area contributed by atoms with Crippen LogP contribution in [0.1, 0.15) is 17.5 Å². The quantitative estimate of drug-likeness (QED) is 0.448. The maximum Gasteiger partial charge on any atom is 0.188 e. The van der Waals surface area contributed by atoms with E-state index in [1.807, 2.05) is 42.5 Å². The fourth-order valence-electron chi connectivity index (χ4n) is 2.12. The van der Waals surface area contributed by atoms with Crippen LogP contribution in [0.4, 0.5) is 0 Å². The Labute approximate surface area is 138 Å². The first kappa shape index (κ1) is 16.9. The molecule has 4 nitrogen and oxygen atoms in total. The molecular formula is C19H25N3O. The third-order valence-electron chi connectivity index (χ3n) is 3.44. The highest BCUT2D eigenvalue weighted by atomic mass is 16.5. The van der Waals surface area contributed by atoms with E-state index in [9.17, 15) is 0 Å². The van der Waals surface area contributed by atoms with Crippen LogP contribution in [0.15, 0.2) is 59.6 Å². The molecule has 0 atom stereocenters. The average molecular weight is 311 g/mol. The number of benzene rings is 2. The van der Waals surface area contributed by atoms with Crippen LogP contribution in [0, 0.1) is 6.92 Å². The number of aliphatic imine (C=N–C) groups is 1. The van der Waals surface area contributed by atoms with Gasteiger partial charge in [0, 0.05) is 19.5 Å². The zero-order valence-corrected chi connectivity index (χ0v) is 13.7. The number of nitrogens with one attached hydrogen (secondary N) is 1. The molecule has 0 fully saturated rings. The lowest BCUT2D eigenvalue weighted by Gasteiger charge is -2.07. The van der Waals surface area contributed by atoms with Gasteiger partial charge in [0.2, 0.25) is 0 Å².